The Morgan fingerprint density at radius 2 is 1.77 bits per heavy atom. The highest BCUT2D eigenvalue weighted by molar-refractivity contribution is 7.92. The molecule has 8 heteroatoms. The summed E-state index contributed by atoms with van der Waals surface area (Å²) >= 11 is 0. The summed E-state index contributed by atoms with van der Waals surface area (Å²) in [6.45, 7) is 7.60. The number of hydrogen-bond acceptors (Lipinski definition) is 4. The van der Waals surface area contributed by atoms with Crippen molar-refractivity contribution >= 4 is 38.9 Å². The van der Waals surface area contributed by atoms with E-state index in [1.165, 1.54) is 6.92 Å². The molecule has 0 atom stereocenters. The van der Waals surface area contributed by atoms with E-state index in [1.54, 1.807) is 49.1 Å². The Morgan fingerprint density at radius 3 is 2.37 bits per heavy atom. The molecule has 0 bridgehead atoms. The number of sulfonamides is 1. The van der Waals surface area contributed by atoms with Gasteiger partial charge in [0.15, 0.2) is 0 Å². The molecule has 2 aromatic carbocycles. The largest absolute Gasteiger partial charge is 0.326 e. The predicted molar refractivity (Wildman–Crippen MR) is 118 cm³/mol. The molecule has 0 radical (unpaired) electrons. The molecule has 1 aliphatic heterocycles. The highest BCUT2D eigenvalue weighted by Gasteiger charge is 2.24. The van der Waals surface area contributed by atoms with E-state index in [0.29, 0.717) is 41.9 Å². The number of hydrogen-bond donors (Lipinski definition) is 2. The summed E-state index contributed by atoms with van der Waals surface area (Å²) in [6.07, 6.45) is 1.87. The van der Waals surface area contributed by atoms with Crippen molar-refractivity contribution in [3.63, 3.8) is 0 Å². The first-order chi connectivity index (χ1) is 14.1. The zero-order valence-electron chi connectivity index (χ0n) is 17.7. The fourth-order valence-electron chi connectivity index (χ4n) is 3.76. The average Bonchev–Trinajstić information content (AvgIpc) is 2.66. The van der Waals surface area contributed by atoms with Gasteiger partial charge in [0, 0.05) is 37.0 Å². The Hall–Kier alpha value is -2.87. The third-order valence-electron chi connectivity index (χ3n) is 5.10. The first-order valence-corrected chi connectivity index (χ1v) is 11.5. The minimum Gasteiger partial charge on any atom is -0.326 e. The topological polar surface area (TPSA) is 95.6 Å². The van der Waals surface area contributed by atoms with Crippen LogP contribution in [0.2, 0.25) is 0 Å². The van der Waals surface area contributed by atoms with Gasteiger partial charge in [0.1, 0.15) is 0 Å². The van der Waals surface area contributed by atoms with Gasteiger partial charge in [-0.25, -0.2) is 8.42 Å². The Morgan fingerprint density at radius 1 is 1.10 bits per heavy atom. The van der Waals surface area contributed by atoms with Gasteiger partial charge in [0.2, 0.25) is 11.8 Å². The number of nitrogens with one attached hydrogen (secondary N) is 2. The summed E-state index contributed by atoms with van der Waals surface area (Å²) in [5.74, 6) is -0.109. The SMILES string of the molecule is CCCN1C(=O)CCc2cc(NS(=O)(=O)c3cc(C)c(NC(C)=O)c(C)c3)ccc21. The van der Waals surface area contributed by atoms with Crippen molar-refractivity contribution in [3.05, 3.63) is 47.0 Å². The lowest BCUT2D eigenvalue weighted by Crippen LogP contribution is -2.35. The molecule has 2 aromatic rings. The normalized spacial score (nSPS) is 13.7. The second-order valence-electron chi connectivity index (χ2n) is 7.61. The van der Waals surface area contributed by atoms with E-state index in [9.17, 15) is 18.0 Å². The number of nitrogens with zero attached hydrogens (tertiary/aromatic N) is 1. The van der Waals surface area contributed by atoms with Gasteiger partial charge in [-0.15, -0.1) is 0 Å². The number of aryl methyl sites for hydroxylation is 3. The minimum atomic E-state index is -3.81. The summed E-state index contributed by atoms with van der Waals surface area (Å²) in [7, 11) is -3.81. The highest BCUT2D eigenvalue weighted by atomic mass is 32.2. The van der Waals surface area contributed by atoms with Crippen LogP contribution < -0.4 is 14.9 Å². The van der Waals surface area contributed by atoms with E-state index >= 15 is 0 Å². The lowest BCUT2D eigenvalue weighted by atomic mass is 10.0. The molecule has 1 heterocycles. The maximum absolute atomic E-state index is 13.0. The monoisotopic (exact) mass is 429 g/mol. The van der Waals surface area contributed by atoms with E-state index in [-0.39, 0.29) is 16.7 Å². The first kappa shape index (κ1) is 21.8. The predicted octanol–water partition coefficient (Wildman–Crippen LogP) is 3.75. The van der Waals surface area contributed by atoms with E-state index < -0.39 is 10.0 Å². The van der Waals surface area contributed by atoms with Crippen LogP contribution in [-0.2, 0) is 26.0 Å². The average molecular weight is 430 g/mol. The van der Waals surface area contributed by atoms with Crippen molar-refractivity contribution in [1.29, 1.82) is 0 Å². The van der Waals surface area contributed by atoms with Gasteiger partial charge < -0.3 is 10.2 Å². The van der Waals surface area contributed by atoms with Crippen LogP contribution in [0, 0.1) is 13.8 Å². The standard InChI is InChI=1S/C22H27N3O4S/c1-5-10-25-20-8-7-18(13-17(20)6-9-21(25)27)24-30(28,29)19-11-14(2)22(15(3)12-19)23-16(4)26/h7-8,11-13,24H,5-6,9-10H2,1-4H3,(H,23,26). The van der Waals surface area contributed by atoms with Gasteiger partial charge >= 0.3 is 0 Å². The van der Waals surface area contributed by atoms with Crippen molar-refractivity contribution < 1.29 is 18.0 Å². The molecule has 3 rings (SSSR count). The van der Waals surface area contributed by atoms with Crippen LogP contribution in [0.3, 0.4) is 0 Å². The van der Waals surface area contributed by atoms with Crippen molar-refractivity contribution in [3.8, 4) is 0 Å². The fourth-order valence-corrected chi connectivity index (χ4v) is 4.98. The Balaban J connectivity index is 1.89. The van der Waals surface area contributed by atoms with E-state index in [4.69, 9.17) is 0 Å². The number of carbonyl (C=O) groups is 2. The van der Waals surface area contributed by atoms with Gasteiger partial charge in [-0.3, -0.25) is 14.3 Å². The zero-order chi connectivity index (χ0) is 22.1. The number of anilines is 3. The minimum absolute atomic E-state index is 0.0999. The number of carbonyl (C=O) groups excluding carboxylic acids is 2. The number of fused-ring (bicyclic) bond motifs is 1. The van der Waals surface area contributed by atoms with E-state index in [0.717, 1.165) is 17.7 Å². The summed E-state index contributed by atoms with van der Waals surface area (Å²) in [4.78, 5) is 25.5. The third-order valence-corrected chi connectivity index (χ3v) is 6.46. The van der Waals surface area contributed by atoms with Crippen LogP contribution in [0.1, 0.15) is 43.4 Å². The van der Waals surface area contributed by atoms with Crippen LogP contribution in [0.25, 0.3) is 0 Å². The van der Waals surface area contributed by atoms with Gasteiger partial charge in [-0.2, -0.15) is 0 Å². The lowest BCUT2D eigenvalue weighted by molar-refractivity contribution is -0.119. The second kappa shape index (κ2) is 8.47. The van der Waals surface area contributed by atoms with E-state index in [2.05, 4.69) is 10.0 Å². The maximum Gasteiger partial charge on any atom is 0.261 e. The van der Waals surface area contributed by atoms with Crippen LogP contribution in [0.15, 0.2) is 35.2 Å². The molecule has 0 saturated carbocycles. The number of rotatable bonds is 6. The summed E-state index contributed by atoms with van der Waals surface area (Å²) < 4.78 is 28.6. The van der Waals surface area contributed by atoms with Gasteiger partial charge in [0.25, 0.3) is 10.0 Å². The third kappa shape index (κ3) is 4.48. The molecule has 7 nitrogen and oxygen atoms in total. The Kier molecular flexibility index (Phi) is 6.17. The molecule has 2 N–H and O–H groups in total. The highest BCUT2D eigenvalue weighted by Crippen LogP contribution is 2.32. The molecule has 2 amide bonds. The van der Waals surface area contributed by atoms with Crippen molar-refractivity contribution in [2.45, 2.75) is 51.9 Å². The quantitative estimate of drug-likeness (QED) is 0.731. The van der Waals surface area contributed by atoms with Crippen LogP contribution in [0.5, 0.6) is 0 Å². The Bertz CT molecular complexity index is 1090. The van der Waals surface area contributed by atoms with Crippen molar-refractivity contribution in [2.75, 3.05) is 21.5 Å². The molecule has 0 unspecified atom stereocenters. The first-order valence-electron chi connectivity index (χ1n) is 9.97. The molecular formula is C22H27N3O4S. The van der Waals surface area contributed by atoms with Gasteiger partial charge in [-0.1, -0.05) is 6.92 Å². The molecule has 30 heavy (non-hydrogen) atoms. The molecule has 160 valence electrons. The molecule has 1 aliphatic rings. The summed E-state index contributed by atoms with van der Waals surface area (Å²) in [5, 5.41) is 2.74. The number of amides is 2. The van der Waals surface area contributed by atoms with Crippen molar-refractivity contribution in [2.24, 2.45) is 0 Å². The Labute approximate surface area is 177 Å². The lowest BCUT2D eigenvalue weighted by Gasteiger charge is -2.29. The zero-order valence-corrected chi connectivity index (χ0v) is 18.5. The maximum atomic E-state index is 13.0. The molecular weight excluding hydrogens is 402 g/mol. The van der Waals surface area contributed by atoms with Crippen molar-refractivity contribution in [1.82, 2.24) is 0 Å². The number of benzene rings is 2. The second-order valence-corrected chi connectivity index (χ2v) is 9.29. The van der Waals surface area contributed by atoms with Crippen LogP contribution in [-0.4, -0.2) is 26.8 Å². The van der Waals surface area contributed by atoms with Gasteiger partial charge in [-0.05, 0) is 73.7 Å². The molecule has 0 fully saturated rings. The molecule has 0 saturated heterocycles. The van der Waals surface area contributed by atoms with Crippen LogP contribution in [0.4, 0.5) is 17.1 Å². The summed E-state index contributed by atoms with van der Waals surface area (Å²) in [5.41, 5.74) is 4.23. The van der Waals surface area contributed by atoms with Gasteiger partial charge in [0.05, 0.1) is 4.90 Å². The fraction of sp³-hybridized carbons (Fsp3) is 0.364. The smallest absolute Gasteiger partial charge is 0.261 e. The van der Waals surface area contributed by atoms with E-state index in [1.807, 2.05) is 6.92 Å². The molecule has 0 spiro atoms. The summed E-state index contributed by atoms with van der Waals surface area (Å²) in [6, 6.07) is 8.37. The van der Waals surface area contributed by atoms with Crippen LogP contribution >= 0.6 is 0 Å². The molecule has 0 aromatic heterocycles. The molecule has 0 aliphatic carbocycles.